The predicted molar refractivity (Wildman–Crippen MR) is 57.9 cm³/mol. The van der Waals surface area contributed by atoms with Crippen molar-refractivity contribution in [2.75, 3.05) is 5.73 Å². The molecule has 0 saturated heterocycles. The maximum absolute atomic E-state index is 9.13. The molecule has 0 spiro atoms. The molecular weight excluding hydrogens is 196 g/mol. The molecule has 0 unspecified atom stereocenters. The number of anilines is 1. The van der Waals surface area contributed by atoms with Crippen LogP contribution in [0.5, 0.6) is 0 Å². The summed E-state index contributed by atoms with van der Waals surface area (Å²) < 4.78 is 0. The van der Waals surface area contributed by atoms with E-state index < -0.39 is 0 Å². The van der Waals surface area contributed by atoms with Crippen LogP contribution >= 0.6 is 11.3 Å². The third-order valence-corrected chi connectivity index (χ3v) is 2.66. The molecule has 0 saturated carbocycles. The van der Waals surface area contributed by atoms with Crippen molar-refractivity contribution in [1.82, 2.24) is 4.98 Å². The van der Waals surface area contributed by atoms with Crippen LogP contribution in [-0.2, 0) is 6.61 Å². The van der Waals surface area contributed by atoms with Crippen molar-refractivity contribution in [3.05, 3.63) is 35.2 Å². The van der Waals surface area contributed by atoms with E-state index in [1.165, 1.54) is 11.3 Å². The molecule has 0 aliphatic rings. The molecule has 14 heavy (non-hydrogen) atoms. The Balaban J connectivity index is 2.50. The summed E-state index contributed by atoms with van der Waals surface area (Å²) in [5.74, 6) is 0. The molecule has 3 N–H and O–H groups in total. The van der Waals surface area contributed by atoms with Crippen molar-refractivity contribution in [3.8, 4) is 11.3 Å². The molecule has 0 radical (unpaired) electrons. The molecule has 72 valence electrons. The molecule has 0 aliphatic carbocycles. The SMILES string of the molecule is Nc1nc(-c2ccccc2CO)cs1. The smallest absolute Gasteiger partial charge is 0.180 e. The van der Waals surface area contributed by atoms with Gasteiger partial charge in [-0.3, -0.25) is 0 Å². The molecule has 3 nitrogen and oxygen atoms in total. The van der Waals surface area contributed by atoms with Crippen LogP contribution in [0.3, 0.4) is 0 Å². The third kappa shape index (κ3) is 1.62. The van der Waals surface area contributed by atoms with Gasteiger partial charge in [0.15, 0.2) is 5.13 Å². The van der Waals surface area contributed by atoms with E-state index in [4.69, 9.17) is 10.8 Å². The van der Waals surface area contributed by atoms with Crippen LogP contribution in [0.2, 0.25) is 0 Å². The molecule has 4 heteroatoms. The van der Waals surface area contributed by atoms with Gasteiger partial charge in [-0.2, -0.15) is 0 Å². The van der Waals surface area contributed by atoms with Gasteiger partial charge in [-0.25, -0.2) is 4.98 Å². The van der Waals surface area contributed by atoms with E-state index in [-0.39, 0.29) is 6.61 Å². The van der Waals surface area contributed by atoms with Gasteiger partial charge in [-0.15, -0.1) is 11.3 Å². The number of nitrogen functional groups attached to an aromatic ring is 1. The molecular formula is C10H10N2OS. The van der Waals surface area contributed by atoms with Gasteiger partial charge in [-0.05, 0) is 5.56 Å². The molecule has 0 atom stereocenters. The lowest BCUT2D eigenvalue weighted by Gasteiger charge is -2.02. The van der Waals surface area contributed by atoms with Crippen LogP contribution in [0.1, 0.15) is 5.56 Å². The molecule has 0 fully saturated rings. The minimum absolute atomic E-state index is 0.0214. The van der Waals surface area contributed by atoms with Crippen LogP contribution in [0.25, 0.3) is 11.3 Å². The largest absolute Gasteiger partial charge is 0.392 e. The Morgan fingerprint density at radius 3 is 2.79 bits per heavy atom. The second-order valence-electron chi connectivity index (χ2n) is 2.89. The number of hydrogen-bond acceptors (Lipinski definition) is 4. The quantitative estimate of drug-likeness (QED) is 0.788. The van der Waals surface area contributed by atoms with Crippen LogP contribution in [0.4, 0.5) is 5.13 Å². The average molecular weight is 206 g/mol. The Labute approximate surface area is 85.8 Å². The zero-order chi connectivity index (χ0) is 9.97. The Morgan fingerprint density at radius 1 is 1.36 bits per heavy atom. The lowest BCUT2D eigenvalue weighted by atomic mass is 10.1. The zero-order valence-corrected chi connectivity index (χ0v) is 8.29. The summed E-state index contributed by atoms with van der Waals surface area (Å²) in [5, 5.41) is 11.6. The van der Waals surface area contributed by atoms with Gasteiger partial charge in [-0.1, -0.05) is 24.3 Å². The lowest BCUT2D eigenvalue weighted by molar-refractivity contribution is 0.282. The van der Waals surface area contributed by atoms with Crippen LogP contribution in [0.15, 0.2) is 29.6 Å². The maximum Gasteiger partial charge on any atom is 0.180 e. The number of rotatable bonds is 2. The zero-order valence-electron chi connectivity index (χ0n) is 7.47. The highest BCUT2D eigenvalue weighted by Gasteiger charge is 2.06. The fourth-order valence-electron chi connectivity index (χ4n) is 1.32. The Hall–Kier alpha value is -1.39. The first-order valence-corrected chi connectivity index (χ1v) is 5.09. The minimum atomic E-state index is 0.0214. The molecule has 0 aliphatic heterocycles. The van der Waals surface area contributed by atoms with Gasteiger partial charge < -0.3 is 10.8 Å². The Morgan fingerprint density at radius 2 is 2.14 bits per heavy atom. The Bertz CT molecular complexity index is 439. The van der Waals surface area contributed by atoms with Gasteiger partial charge in [0.2, 0.25) is 0 Å². The highest BCUT2D eigenvalue weighted by molar-refractivity contribution is 7.13. The topological polar surface area (TPSA) is 59.1 Å². The molecule has 1 aromatic carbocycles. The second kappa shape index (κ2) is 3.77. The number of hydrogen-bond donors (Lipinski definition) is 2. The second-order valence-corrected chi connectivity index (χ2v) is 3.78. The first kappa shape index (κ1) is 9.18. The van der Waals surface area contributed by atoms with Crippen LogP contribution in [0, 0.1) is 0 Å². The molecule has 2 aromatic rings. The van der Waals surface area contributed by atoms with Gasteiger partial charge in [0, 0.05) is 10.9 Å². The van der Waals surface area contributed by atoms with Gasteiger partial charge in [0.1, 0.15) is 0 Å². The van der Waals surface area contributed by atoms with E-state index in [1.807, 2.05) is 29.6 Å². The van der Waals surface area contributed by atoms with Crippen molar-refractivity contribution < 1.29 is 5.11 Å². The number of nitrogens with zero attached hydrogens (tertiary/aromatic N) is 1. The van der Waals surface area contributed by atoms with Crippen LogP contribution in [-0.4, -0.2) is 10.1 Å². The lowest BCUT2D eigenvalue weighted by Crippen LogP contribution is -1.89. The number of aromatic nitrogens is 1. The van der Waals surface area contributed by atoms with E-state index in [0.717, 1.165) is 16.8 Å². The van der Waals surface area contributed by atoms with E-state index in [2.05, 4.69) is 4.98 Å². The summed E-state index contributed by atoms with van der Waals surface area (Å²) in [6.07, 6.45) is 0. The van der Waals surface area contributed by atoms with Gasteiger partial charge in [0.25, 0.3) is 0 Å². The fraction of sp³-hybridized carbons (Fsp3) is 0.100. The number of benzene rings is 1. The van der Waals surface area contributed by atoms with E-state index in [1.54, 1.807) is 0 Å². The minimum Gasteiger partial charge on any atom is -0.392 e. The van der Waals surface area contributed by atoms with Crippen molar-refractivity contribution in [1.29, 1.82) is 0 Å². The average Bonchev–Trinajstić information content (AvgIpc) is 2.65. The van der Waals surface area contributed by atoms with E-state index in [0.29, 0.717) is 5.13 Å². The van der Waals surface area contributed by atoms with Crippen molar-refractivity contribution in [2.45, 2.75) is 6.61 Å². The summed E-state index contributed by atoms with van der Waals surface area (Å²) in [4.78, 5) is 4.17. The summed E-state index contributed by atoms with van der Waals surface area (Å²) in [6.45, 7) is 0.0214. The van der Waals surface area contributed by atoms with E-state index in [9.17, 15) is 0 Å². The predicted octanol–water partition coefficient (Wildman–Crippen LogP) is 1.88. The Kier molecular flexibility index (Phi) is 2.47. The fourth-order valence-corrected chi connectivity index (χ4v) is 1.88. The normalized spacial score (nSPS) is 10.4. The molecule has 0 amide bonds. The standard InChI is InChI=1S/C10H10N2OS/c11-10-12-9(6-14-10)8-4-2-1-3-7(8)5-13/h1-4,6,13H,5H2,(H2,11,12). The summed E-state index contributed by atoms with van der Waals surface area (Å²) in [7, 11) is 0. The number of aliphatic hydroxyl groups is 1. The summed E-state index contributed by atoms with van der Waals surface area (Å²) in [6, 6.07) is 7.62. The molecule has 0 bridgehead atoms. The molecule has 2 rings (SSSR count). The van der Waals surface area contributed by atoms with Gasteiger partial charge >= 0.3 is 0 Å². The number of nitrogens with two attached hydrogens (primary N) is 1. The van der Waals surface area contributed by atoms with Crippen molar-refractivity contribution in [3.63, 3.8) is 0 Å². The van der Waals surface area contributed by atoms with E-state index >= 15 is 0 Å². The van der Waals surface area contributed by atoms with Gasteiger partial charge in [0.05, 0.1) is 12.3 Å². The summed E-state index contributed by atoms with van der Waals surface area (Å²) >= 11 is 1.40. The van der Waals surface area contributed by atoms with Crippen molar-refractivity contribution >= 4 is 16.5 Å². The number of aliphatic hydroxyl groups excluding tert-OH is 1. The molecule has 1 aromatic heterocycles. The summed E-state index contributed by atoms with van der Waals surface area (Å²) in [5.41, 5.74) is 8.20. The third-order valence-electron chi connectivity index (χ3n) is 1.99. The van der Waals surface area contributed by atoms with Crippen molar-refractivity contribution in [2.24, 2.45) is 0 Å². The first-order chi connectivity index (χ1) is 6.81. The first-order valence-electron chi connectivity index (χ1n) is 4.21. The molecule has 1 heterocycles. The highest BCUT2D eigenvalue weighted by Crippen LogP contribution is 2.26. The number of thiazole rings is 1. The monoisotopic (exact) mass is 206 g/mol. The maximum atomic E-state index is 9.13. The highest BCUT2D eigenvalue weighted by atomic mass is 32.1. The van der Waals surface area contributed by atoms with Crippen LogP contribution < -0.4 is 5.73 Å².